The molecule has 8 heavy (non-hydrogen) atoms. The van der Waals surface area contributed by atoms with Crippen LogP contribution in [0.2, 0.25) is 0 Å². The van der Waals surface area contributed by atoms with Crippen molar-refractivity contribution in [2.75, 3.05) is 13.7 Å². The second-order valence-electron chi connectivity index (χ2n) is 1.39. The van der Waals surface area contributed by atoms with E-state index in [9.17, 15) is 0 Å². The molecule has 0 amide bonds. The van der Waals surface area contributed by atoms with Crippen molar-refractivity contribution in [1.29, 1.82) is 0 Å². The molecular formula is C5H11NOS. The van der Waals surface area contributed by atoms with E-state index in [0.29, 0.717) is 11.8 Å². The molecule has 0 rings (SSSR count). The van der Waals surface area contributed by atoms with Gasteiger partial charge in [-0.1, -0.05) is 6.92 Å². The van der Waals surface area contributed by atoms with Crippen molar-refractivity contribution in [2.24, 2.45) is 0 Å². The first-order valence-corrected chi connectivity index (χ1v) is 3.06. The Hall–Kier alpha value is -0.310. The summed E-state index contributed by atoms with van der Waals surface area (Å²) < 4.78 is 4.96. The van der Waals surface area contributed by atoms with Gasteiger partial charge in [-0.3, -0.25) is 0 Å². The molecule has 0 unspecified atom stereocenters. The molecule has 0 spiro atoms. The minimum absolute atomic E-state index is 0.479. The predicted molar refractivity (Wildman–Crippen MR) is 37.9 cm³/mol. The van der Waals surface area contributed by atoms with Crippen molar-refractivity contribution in [3.05, 3.63) is 0 Å². The zero-order valence-corrected chi connectivity index (χ0v) is 6.05. The summed E-state index contributed by atoms with van der Waals surface area (Å²) in [5.41, 5.74) is 0. The van der Waals surface area contributed by atoms with E-state index in [4.69, 9.17) is 4.74 Å². The molecule has 2 nitrogen and oxygen atoms in total. The molecular weight excluding hydrogens is 122 g/mol. The fourth-order valence-electron chi connectivity index (χ4n) is 0.267. The molecule has 0 aromatic heterocycles. The van der Waals surface area contributed by atoms with E-state index in [1.165, 1.54) is 0 Å². The lowest BCUT2D eigenvalue weighted by Gasteiger charge is -2.02. The van der Waals surface area contributed by atoms with Gasteiger partial charge in [-0.05, 0) is 18.6 Å². The van der Waals surface area contributed by atoms with Crippen LogP contribution in [0, 0.1) is 0 Å². The summed E-state index contributed by atoms with van der Waals surface area (Å²) in [6.45, 7) is 2.75. The van der Waals surface area contributed by atoms with Crippen LogP contribution >= 0.6 is 12.2 Å². The molecule has 0 aromatic carbocycles. The second kappa shape index (κ2) is 4.84. The van der Waals surface area contributed by atoms with E-state index in [1.54, 1.807) is 7.05 Å². The van der Waals surface area contributed by atoms with Crippen LogP contribution < -0.4 is 5.32 Å². The van der Waals surface area contributed by atoms with E-state index >= 15 is 0 Å². The van der Waals surface area contributed by atoms with Crippen molar-refractivity contribution in [3.8, 4) is 0 Å². The van der Waals surface area contributed by atoms with Crippen LogP contribution in [-0.4, -0.2) is 18.8 Å². The Bertz CT molecular complexity index is 74.8. The first-order valence-electron chi connectivity index (χ1n) is 2.65. The Morgan fingerprint density at radius 2 is 2.38 bits per heavy atom. The number of hydrogen-bond donors (Lipinski definition) is 1. The lowest BCUT2D eigenvalue weighted by molar-refractivity contribution is 0.301. The summed E-state index contributed by atoms with van der Waals surface area (Å²) in [7, 11) is 1.75. The Morgan fingerprint density at radius 3 is 2.75 bits per heavy atom. The minimum atomic E-state index is 0.479. The van der Waals surface area contributed by atoms with Gasteiger partial charge in [0.25, 0.3) is 5.17 Å². The molecule has 0 bridgehead atoms. The molecule has 0 atom stereocenters. The molecule has 0 fully saturated rings. The highest BCUT2D eigenvalue weighted by atomic mass is 32.1. The second-order valence-corrected chi connectivity index (χ2v) is 1.76. The van der Waals surface area contributed by atoms with E-state index in [1.807, 2.05) is 6.92 Å². The lowest BCUT2D eigenvalue weighted by Crippen LogP contribution is -2.18. The third kappa shape index (κ3) is 3.87. The quantitative estimate of drug-likeness (QED) is 0.566. The molecule has 3 heteroatoms. The summed E-state index contributed by atoms with van der Waals surface area (Å²) in [6, 6.07) is 0. The van der Waals surface area contributed by atoms with Crippen molar-refractivity contribution < 1.29 is 4.74 Å². The Morgan fingerprint density at radius 1 is 1.75 bits per heavy atom. The van der Waals surface area contributed by atoms with Crippen LogP contribution in [0.4, 0.5) is 0 Å². The minimum Gasteiger partial charge on any atom is -0.471 e. The fraction of sp³-hybridized carbons (Fsp3) is 0.800. The first-order chi connectivity index (χ1) is 3.81. The standard InChI is InChI=1S/C5H11NOS/c1-3-4-7-5(8)6-2/h3-4H2,1-2H3,(H,6,8). The van der Waals surface area contributed by atoms with Gasteiger partial charge < -0.3 is 10.1 Å². The number of thiocarbonyl (C=S) groups is 1. The van der Waals surface area contributed by atoms with Gasteiger partial charge in [0.2, 0.25) is 0 Å². The smallest absolute Gasteiger partial charge is 0.256 e. The fourth-order valence-corrected chi connectivity index (χ4v) is 0.350. The number of hydrogen-bond acceptors (Lipinski definition) is 2. The van der Waals surface area contributed by atoms with Crippen molar-refractivity contribution in [2.45, 2.75) is 13.3 Å². The van der Waals surface area contributed by atoms with Gasteiger partial charge in [-0.15, -0.1) is 0 Å². The average Bonchev–Trinajstić information content (AvgIpc) is 1.83. The van der Waals surface area contributed by atoms with Gasteiger partial charge in [0.05, 0.1) is 6.61 Å². The predicted octanol–water partition coefficient (Wildman–Crippen LogP) is 0.917. The normalized spacial score (nSPS) is 8.25. The zero-order chi connectivity index (χ0) is 6.41. The van der Waals surface area contributed by atoms with Gasteiger partial charge in [-0.25, -0.2) is 0 Å². The van der Waals surface area contributed by atoms with Crippen molar-refractivity contribution in [1.82, 2.24) is 5.32 Å². The summed E-state index contributed by atoms with van der Waals surface area (Å²) in [6.07, 6.45) is 1.00. The third-order valence-corrected chi connectivity index (χ3v) is 0.963. The van der Waals surface area contributed by atoms with E-state index in [0.717, 1.165) is 6.42 Å². The lowest BCUT2D eigenvalue weighted by atomic mass is 10.5. The van der Waals surface area contributed by atoms with E-state index in [2.05, 4.69) is 17.5 Å². The molecule has 0 radical (unpaired) electrons. The molecule has 0 saturated heterocycles. The van der Waals surface area contributed by atoms with Gasteiger partial charge in [0.1, 0.15) is 0 Å². The van der Waals surface area contributed by atoms with Gasteiger partial charge in [-0.2, -0.15) is 0 Å². The van der Waals surface area contributed by atoms with Crippen LogP contribution in [0.1, 0.15) is 13.3 Å². The van der Waals surface area contributed by atoms with Crippen LogP contribution in [-0.2, 0) is 4.74 Å². The summed E-state index contributed by atoms with van der Waals surface area (Å²) in [5, 5.41) is 3.19. The van der Waals surface area contributed by atoms with Crippen LogP contribution in [0.15, 0.2) is 0 Å². The zero-order valence-electron chi connectivity index (χ0n) is 5.23. The van der Waals surface area contributed by atoms with Crippen LogP contribution in [0.25, 0.3) is 0 Å². The highest BCUT2D eigenvalue weighted by Crippen LogP contribution is 1.79. The van der Waals surface area contributed by atoms with E-state index < -0.39 is 0 Å². The van der Waals surface area contributed by atoms with Gasteiger partial charge in [0.15, 0.2) is 0 Å². The van der Waals surface area contributed by atoms with Gasteiger partial charge >= 0.3 is 0 Å². The van der Waals surface area contributed by atoms with Crippen LogP contribution in [0.5, 0.6) is 0 Å². The summed E-state index contributed by atoms with van der Waals surface area (Å²) in [4.78, 5) is 0. The molecule has 1 N–H and O–H groups in total. The average molecular weight is 133 g/mol. The molecule has 48 valence electrons. The third-order valence-electron chi connectivity index (χ3n) is 0.641. The molecule has 0 aromatic rings. The maximum atomic E-state index is 4.96. The molecule has 0 aliphatic carbocycles. The monoisotopic (exact) mass is 133 g/mol. The number of ether oxygens (including phenoxy) is 1. The highest BCUT2D eigenvalue weighted by molar-refractivity contribution is 7.80. The number of nitrogens with one attached hydrogen (secondary N) is 1. The van der Waals surface area contributed by atoms with Crippen LogP contribution in [0.3, 0.4) is 0 Å². The maximum Gasteiger partial charge on any atom is 0.256 e. The van der Waals surface area contributed by atoms with E-state index in [-0.39, 0.29) is 0 Å². The van der Waals surface area contributed by atoms with Gasteiger partial charge in [0, 0.05) is 7.05 Å². The number of rotatable bonds is 2. The van der Waals surface area contributed by atoms with Crippen molar-refractivity contribution in [3.63, 3.8) is 0 Å². The topological polar surface area (TPSA) is 21.3 Å². The Kier molecular flexibility index (Phi) is 4.65. The van der Waals surface area contributed by atoms with Crippen molar-refractivity contribution >= 4 is 17.4 Å². The summed E-state index contributed by atoms with van der Waals surface area (Å²) >= 11 is 4.69. The Labute approximate surface area is 55.2 Å². The maximum absolute atomic E-state index is 4.96. The Balaban J connectivity index is 2.99. The molecule has 0 aliphatic heterocycles. The molecule has 0 heterocycles. The largest absolute Gasteiger partial charge is 0.471 e. The first kappa shape index (κ1) is 7.69. The summed E-state index contributed by atoms with van der Waals surface area (Å²) in [5.74, 6) is 0. The molecule has 0 aliphatic rings. The highest BCUT2D eigenvalue weighted by Gasteiger charge is 1.86. The molecule has 0 saturated carbocycles. The SMILES string of the molecule is CCCOC(=S)NC.